The second kappa shape index (κ2) is 5.63. The highest BCUT2D eigenvalue weighted by molar-refractivity contribution is 9.10. The van der Waals surface area contributed by atoms with Crippen LogP contribution in [0.15, 0.2) is 15.9 Å². The molecule has 1 saturated heterocycles. The van der Waals surface area contributed by atoms with E-state index >= 15 is 0 Å². The van der Waals surface area contributed by atoms with Crippen LogP contribution >= 0.6 is 27.3 Å². The average Bonchev–Trinajstić information content (AvgIpc) is 2.94. The van der Waals surface area contributed by atoms with Gasteiger partial charge in [-0.3, -0.25) is 9.59 Å². The molecule has 1 aliphatic rings. The molecule has 1 atom stereocenters. The summed E-state index contributed by atoms with van der Waals surface area (Å²) < 4.78 is 1.04. The summed E-state index contributed by atoms with van der Waals surface area (Å²) in [7, 11) is 0. The van der Waals surface area contributed by atoms with Crippen molar-refractivity contribution in [1.82, 2.24) is 4.90 Å². The van der Waals surface area contributed by atoms with Crippen molar-refractivity contribution in [3.63, 3.8) is 0 Å². The highest BCUT2D eigenvalue weighted by atomic mass is 79.9. The van der Waals surface area contributed by atoms with E-state index in [2.05, 4.69) is 15.9 Å². The van der Waals surface area contributed by atoms with Gasteiger partial charge in [0.1, 0.15) is 0 Å². The van der Waals surface area contributed by atoms with Gasteiger partial charge in [0.05, 0.1) is 5.41 Å². The van der Waals surface area contributed by atoms with Crippen molar-refractivity contribution in [3.8, 4) is 0 Å². The Labute approximate surface area is 124 Å². The zero-order valence-corrected chi connectivity index (χ0v) is 13.1. The lowest BCUT2D eigenvalue weighted by atomic mass is 9.90. The van der Waals surface area contributed by atoms with E-state index in [0.717, 1.165) is 10.9 Å². The van der Waals surface area contributed by atoms with Crippen LogP contribution in [0.1, 0.15) is 24.6 Å². The summed E-state index contributed by atoms with van der Waals surface area (Å²) in [5.41, 5.74) is -0.776. The molecule has 0 bridgehead atoms. The smallest absolute Gasteiger partial charge is 0.311 e. The van der Waals surface area contributed by atoms with Gasteiger partial charge in [0.25, 0.3) is 0 Å². The fraction of sp³-hybridized carbons (Fsp3) is 0.538. The molecule has 0 aromatic carbocycles. The van der Waals surface area contributed by atoms with Crippen LogP contribution in [-0.4, -0.2) is 35.0 Å². The first kappa shape index (κ1) is 14.5. The van der Waals surface area contributed by atoms with Crippen LogP contribution in [0.5, 0.6) is 0 Å². The molecule has 6 heteroatoms. The summed E-state index contributed by atoms with van der Waals surface area (Å²) >= 11 is 5.01. The van der Waals surface area contributed by atoms with Crippen LogP contribution in [0.4, 0.5) is 0 Å². The molecule has 2 heterocycles. The van der Waals surface area contributed by atoms with Crippen molar-refractivity contribution in [2.45, 2.75) is 26.2 Å². The predicted molar refractivity (Wildman–Crippen MR) is 77.3 cm³/mol. The van der Waals surface area contributed by atoms with Gasteiger partial charge in [-0.2, -0.15) is 0 Å². The molecule has 1 amide bonds. The lowest BCUT2D eigenvalue weighted by Crippen LogP contribution is -2.34. The molecule has 1 aromatic rings. The normalized spacial score (nSPS) is 22.7. The molecule has 1 fully saturated rings. The zero-order chi connectivity index (χ0) is 14.0. The van der Waals surface area contributed by atoms with Crippen molar-refractivity contribution in [2.24, 2.45) is 5.41 Å². The van der Waals surface area contributed by atoms with Crippen LogP contribution in [0.25, 0.3) is 0 Å². The Hall–Kier alpha value is -0.880. The lowest BCUT2D eigenvalue weighted by Gasteiger charge is -2.20. The first-order valence-corrected chi connectivity index (χ1v) is 7.82. The van der Waals surface area contributed by atoms with Crippen LogP contribution < -0.4 is 0 Å². The maximum absolute atomic E-state index is 12.1. The highest BCUT2D eigenvalue weighted by Gasteiger charge is 2.41. The van der Waals surface area contributed by atoms with Gasteiger partial charge >= 0.3 is 5.97 Å². The SMILES string of the molecule is C[C@@]1(C(=O)O)CCN(C(=O)CCc2cc(Br)cs2)C1. The molecule has 0 unspecified atom stereocenters. The number of hydrogen-bond donors (Lipinski definition) is 1. The Bertz CT molecular complexity index is 502. The quantitative estimate of drug-likeness (QED) is 0.912. The Morgan fingerprint density at radius 1 is 1.58 bits per heavy atom. The number of aryl methyl sites for hydroxylation is 1. The van der Waals surface area contributed by atoms with E-state index in [9.17, 15) is 9.59 Å². The summed E-state index contributed by atoms with van der Waals surface area (Å²) in [6.07, 6.45) is 1.71. The van der Waals surface area contributed by atoms with E-state index in [1.807, 2.05) is 11.4 Å². The van der Waals surface area contributed by atoms with Crippen molar-refractivity contribution in [2.75, 3.05) is 13.1 Å². The number of likely N-dealkylation sites (tertiary alicyclic amines) is 1. The third-order valence-corrected chi connectivity index (χ3v) is 5.31. The molecule has 4 nitrogen and oxygen atoms in total. The Morgan fingerprint density at radius 3 is 2.84 bits per heavy atom. The minimum Gasteiger partial charge on any atom is -0.481 e. The van der Waals surface area contributed by atoms with Crippen LogP contribution in [-0.2, 0) is 16.0 Å². The molecule has 1 aliphatic heterocycles. The molecule has 1 N–H and O–H groups in total. The van der Waals surface area contributed by atoms with Crippen LogP contribution in [0.3, 0.4) is 0 Å². The molecular weight excluding hydrogens is 330 g/mol. The molecular formula is C13H16BrNO3S. The monoisotopic (exact) mass is 345 g/mol. The minimum atomic E-state index is -0.815. The number of aliphatic carboxylic acids is 1. The number of amides is 1. The molecule has 0 aliphatic carbocycles. The number of carboxylic acids is 1. The van der Waals surface area contributed by atoms with E-state index in [1.165, 1.54) is 4.88 Å². The predicted octanol–water partition coefficient (Wildman–Crippen LogP) is 2.77. The summed E-state index contributed by atoms with van der Waals surface area (Å²) in [6.45, 7) is 2.59. The van der Waals surface area contributed by atoms with Gasteiger partial charge in [-0.1, -0.05) is 0 Å². The molecule has 1 aromatic heterocycles. The van der Waals surface area contributed by atoms with Gasteiger partial charge in [-0.25, -0.2) is 0 Å². The van der Waals surface area contributed by atoms with Gasteiger partial charge in [0, 0.05) is 34.2 Å². The largest absolute Gasteiger partial charge is 0.481 e. The standard InChI is InChI=1S/C13H16BrNO3S/c1-13(12(17)18)4-5-15(8-13)11(16)3-2-10-6-9(14)7-19-10/h6-7H,2-5,8H2,1H3,(H,17,18)/t13-/m1/s1. The maximum atomic E-state index is 12.1. The molecule has 0 saturated carbocycles. The van der Waals surface area contributed by atoms with Crippen molar-refractivity contribution in [1.29, 1.82) is 0 Å². The van der Waals surface area contributed by atoms with Gasteiger partial charge < -0.3 is 10.0 Å². The first-order chi connectivity index (χ1) is 8.90. The number of hydrogen-bond acceptors (Lipinski definition) is 3. The van der Waals surface area contributed by atoms with Gasteiger partial charge in [0.2, 0.25) is 5.91 Å². The number of halogens is 1. The Morgan fingerprint density at radius 2 is 2.32 bits per heavy atom. The van der Waals surface area contributed by atoms with Crippen LogP contribution in [0, 0.1) is 5.41 Å². The Kier molecular flexibility index (Phi) is 4.30. The fourth-order valence-electron chi connectivity index (χ4n) is 2.22. The number of rotatable bonds is 4. The van der Waals surface area contributed by atoms with Gasteiger partial charge in [-0.05, 0) is 41.8 Å². The van der Waals surface area contributed by atoms with Crippen molar-refractivity contribution < 1.29 is 14.7 Å². The van der Waals surface area contributed by atoms with E-state index < -0.39 is 11.4 Å². The summed E-state index contributed by atoms with van der Waals surface area (Å²) in [6, 6.07) is 2.02. The average molecular weight is 346 g/mol. The van der Waals surface area contributed by atoms with Crippen molar-refractivity contribution >= 4 is 39.1 Å². The van der Waals surface area contributed by atoms with Crippen molar-refractivity contribution in [3.05, 3.63) is 20.8 Å². The number of carboxylic acid groups (broad SMARTS) is 1. The van der Waals surface area contributed by atoms with Crippen LogP contribution in [0.2, 0.25) is 0 Å². The van der Waals surface area contributed by atoms with E-state index in [1.54, 1.807) is 23.2 Å². The molecule has 0 spiro atoms. The van der Waals surface area contributed by atoms with E-state index in [-0.39, 0.29) is 5.91 Å². The van der Waals surface area contributed by atoms with E-state index in [0.29, 0.717) is 25.9 Å². The van der Waals surface area contributed by atoms with Gasteiger partial charge in [-0.15, -0.1) is 11.3 Å². The number of nitrogens with zero attached hydrogens (tertiary/aromatic N) is 1. The maximum Gasteiger partial charge on any atom is 0.311 e. The second-order valence-electron chi connectivity index (χ2n) is 5.16. The number of carbonyl (C=O) groups is 2. The number of carbonyl (C=O) groups excluding carboxylic acids is 1. The zero-order valence-electron chi connectivity index (χ0n) is 10.7. The summed E-state index contributed by atoms with van der Waals surface area (Å²) in [4.78, 5) is 26.0. The fourth-order valence-corrected chi connectivity index (χ4v) is 3.68. The highest BCUT2D eigenvalue weighted by Crippen LogP contribution is 2.30. The summed E-state index contributed by atoms with van der Waals surface area (Å²) in [5.74, 6) is -0.764. The molecule has 104 valence electrons. The minimum absolute atomic E-state index is 0.0505. The summed E-state index contributed by atoms with van der Waals surface area (Å²) in [5, 5.41) is 11.1. The first-order valence-electron chi connectivity index (χ1n) is 6.15. The lowest BCUT2D eigenvalue weighted by molar-refractivity contribution is -0.147. The molecule has 2 rings (SSSR count). The van der Waals surface area contributed by atoms with E-state index in [4.69, 9.17) is 5.11 Å². The number of thiophene rings is 1. The molecule has 0 radical (unpaired) electrons. The molecule has 19 heavy (non-hydrogen) atoms. The van der Waals surface area contributed by atoms with Gasteiger partial charge in [0.15, 0.2) is 0 Å². The second-order valence-corrected chi connectivity index (χ2v) is 7.07. The third kappa shape index (κ3) is 3.36. The Balaban J connectivity index is 1.86. The third-order valence-electron chi connectivity index (χ3n) is 3.55. The topological polar surface area (TPSA) is 57.6 Å².